The minimum absolute atomic E-state index is 0. The molecule has 1 N–H and O–H groups in total. The molecule has 0 aliphatic heterocycles. The number of rotatable bonds is 3. The number of nitrogens with zero attached hydrogens (tertiary/aromatic N) is 1. The van der Waals surface area contributed by atoms with Crippen LogP contribution in [0.25, 0.3) is 0 Å². The molecule has 6 heteroatoms. The standard InChI is InChI=1S/C6H12F3NO.Cu/c1-3-10(2)4-5(11)6(7,8)9;/h5,11H,3-4H2,1-2H3;. The zero-order chi connectivity index (χ0) is 9.07. The van der Waals surface area contributed by atoms with Gasteiger partial charge in [-0.05, 0) is 13.6 Å². The van der Waals surface area contributed by atoms with Gasteiger partial charge in [-0.25, -0.2) is 0 Å². The van der Waals surface area contributed by atoms with E-state index in [2.05, 4.69) is 0 Å². The molecule has 1 radical (unpaired) electrons. The summed E-state index contributed by atoms with van der Waals surface area (Å²) in [6.45, 7) is 1.86. The summed E-state index contributed by atoms with van der Waals surface area (Å²) in [5.41, 5.74) is 0. The summed E-state index contributed by atoms with van der Waals surface area (Å²) in [5, 5.41) is 8.52. The molecule has 1 unspecified atom stereocenters. The molecule has 0 aliphatic carbocycles. The minimum atomic E-state index is -4.50. The Bertz CT molecular complexity index is 120. The van der Waals surface area contributed by atoms with Crippen LogP contribution in [0.1, 0.15) is 6.92 Å². The second-order valence-corrected chi connectivity index (χ2v) is 2.41. The van der Waals surface area contributed by atoms with Gasteiger partial charge in [0.15, 0.2) is 6.10 Å². The SMILES string of the molecule is CCN(C)CC(O)C(F)(F)F.[Cu]. The van der Waals surface area contributed by atoms with E-state index in [1.165, 1.54) is 11.9 Å². The molecule has 0 saturated carbocycles. The zero-order valence-corrected chi connectivity index (χ0v) is 7.76. The van der Waals surface area contributed by atoms with Crippen molar-refractivity contribution in [3.63, 3.8) is 0 Å². The molecule has 0 amide bonds. The van der Waals surface area contributed by atoms with Gasteiger partial charge in [0.1, 0.15) is 0 Å². The topological polar surface area (TPSA) is 23.5 Å². The number of aliphatic hydroxyl groups is 1. The minimum Gasteiger partial charge on any atom is -0.382 e. The second kappa shape index (κ2) is 5.80. The Labute approximate surface area is 80.2 Å². The van der Waals surface area contributed by atoms with E-state index in [-0.39, 0.29) is 23.6 Å². The van der Waals surface area contributed by atoms with Crippen LogP contribution >= 0.6 is 0 Å². The molecule has 0 rings (SSSR count). The number of alkyl halides is 3. The van der Waals surface area contributed by atoms with Crippen LogP contribution in [0.2, 0.25) is 0 Å². The zero-order valence-electron chi connectivity index (χ0n) is 6.82. The molecule has 0 heterocycles. The average Bonchev–Trinajstić information content (AvgIpc) is 1.85. The van der Waals surface area contributed by atoms with E-state index in [0.717, 1.165) is 0 Å². The number of halogens is 3. The first kappa shape index (κ1) is 14.7. The first-order chi connectivity index (χ1) is 4.88. The third kappa shape index (κ3) is 5.83. The van der Waals surface area contributed by atoms with Gasteiger partial charge in [-0.3, -0.25) is 0 Å². The van der Waals surface area contributed by atoms with Crippen molar-refractivity contribution < 1.29 is 35.3 Å². The summed E-state index contributed by atoms with van der Waals surface area (Å²) in [7, 11) is 1.52. The number of aliphatic hydroxyl groups excluding tert-OH is 1. The fraction of sp³-hybridized carbons (Fsp3) is 1.00. The summed E-state index contributed by atoms with van der Waals surface area (Å²) in [6, 6.07) is 0. The molecule has 0 spiro atoms. The van der Waals surface area contributed by atoms with Crippen LogP contribution < -0.4 is 0 Å². The van der Waals surface area contributed by atoms with Crippen LogP contribution in [-0.2, 0) is 17.1 Å². The van der Waals surface area contributed by atoms with Crippen LogP contribution in [-0.4, -0.2) is 42.4 Å². The normalized spacial score (nSPS) is 14.2. The quantitative estimate of drug-likeness (QED) is 0.733. The van der Waals surface area contributed by atoms with Gasteiger partial charge in [-0.2, -0.15) is 13.2 Å². The largest absolute Gasteiger partial charge is 0.415 e. The maximum absolute atomic E-state index is 11.7. The van der Waals surface area contributed by atoms with E-state index >= 15 is 0 Å². The average molecular weight is 235 g/mol. The predicted molar refractivity (Wildman–Crippen MR) is 35.2 cm³/mol. The fourth-order valence-electron chi connectivity index (χ4n) is 0.528. The van der Waals surface area contributed by atoms with Crippen molar-refractivity contribution in [1.82, 2.24) is 4.90 Å². The summed E-state index contributed by atoms with van der Waals surface area (Å²) >= 11 is 0. The maximum Gasteiger partial charge on any atom is 0.415 e. The molecule has 0 bridgehead atoms. The van der Waals surface area contributed by atoms with Crippen molar-refractivity contribution in [2.45, 2.75) is 19.2 Å². The van der Waals surface area contributed by atoms with Gasteiger partial charge in [0, 0.05) is 23.6 Å². The second-order valence-electron chi connectivity index (χ2n) is 2.41. The van der Waals surface area contributed by atoms with E-state index < -0.39 is 12.3 Å². The van der Waals surface area contributed by atoms with Crippen molar-refractivity contribution in [2.24, 2.45) is 0 Å². The van der Waals surface area contributed by atoms with E-state index in [4.69, 9.17) is 5.11 Å². The molecule has 1 atom stereocenters. The van der Waals surface area contributed by atoms with Crippen molar-refractivity contribution in [1.29, 1.82) is 0 Å². The van der Waals surface area contributed by atoms with Crippen molar-refractivity contribution in [3.8, 4) is 0 Å². The molecule has 0 aromatic rings. The third-order valence-corrected chi connectivity index (χ3v) is 1.40. The number of likely N-dealkylation sites (N-methyl/N-ethyl adjacent to an activating group) is 1. The van der Waals surface area contributed by atoms with E-state index in [1.807, 2.05) is 0 Å². The Hall–Kier alpha value is 0.229. The molecular formula is C6H12CuF3NO. The van der Waals surface area contributed by atoms with Crippen LogP contribution in [0.4, 0.5) is 13.2 Å². The van der Waals surface area contributed by atoms with Gasteiger partial charge in [0.25, 0.3) is 0 Å². The molecule has 0 fully saturated rings. The van der Waals surface area contributed by atoms with Crippen molar-refractivity contribution in [3.05, 3.63) is 0 Å². The molecular weight excluding hydrogens is 223 g/mol. The number of hydrogen-bond acceptors (Lipinski definition) is 2. The van der Waals surface area contributed by atoms with Gasteiger partial charge in [0.05, 0.1) is 0 Å². The Kier molecular flexibility index (Phi) is 7.13. The summed E-state index contributed by atoms with van der Waals surface area (Å²) in [6.07, 6.45) is -6.73. The van der Waals surface area contributed by atoms with Crippen molar-refractivity contribution in [2.75, 3.05) is 20.1 Å². The Morgan fingerprint density at radius 1 is 1.42 bits per heavy atom. The van der Waals surface area contributed by atoms with E-state index in [0.29, 0.717) is 6.54 Å². The van der Waals surface area contributed by atoms with Gasteiger partial charge >= 0.3 is 6.18 Å². The first-order valence-corrected chi connectivity index (χ1v) is 3.31. The molecule has 2 nitrogen and oxygen atoms in total. The van der Waals surface area contributed by atoms with Crippen LogP contribution in [0.15, 0.2) is 0 Å². The van der Waals surface area contributed by atoms with E-state index in [1.54, 1.807) is 6.92 Å². The smallest absolute Gasteiger partial charge is 0.382 e. The van der Waals surface area contributed by atoms with Gasteiger partial charge < -0.3 is 10.0 Å². The van der Waals surface area contributed by atoms with Gasteiger partial charge in [-0.1, -0.05) is 6.92 Å². The van der Waals surface area contributed by atoms with Gasteiger partial charge in [0.2, 0.25) is 0 Å². The van der Waals surface area contributed by atoms with Crippen LogP contribution in [0.5, 0.6) is 0 Å². The van der Waals surface area contributed by atoms with Gasteiger partial charge in [-0.15, -0.1) is 0 Å². The summed E-state index contributed by atoms with van der Waals surface area (Å²) < 4.78 is 35.0. The Morgan fingerprint density at radius 3 is 2.08 bits per heavy atom. The predicted octanol–water partition coefficient (Wildman–Crippen LogP) is 0.859. The fourth-order valence-corrected chi connectivity index (χ4v) is 0.528. The molecule has 0 aliphatic rings. The maximum atomic E-state index is 11.7. The van der Waals surface area contributed by atoms with E-state index in [9.17, 15) is 13.2 Å². The monoisotopic (exact) mass is 234 g/mol. The molecule has 79 valence electrons. The molecule has 12 heavy (non-hydrogen) atoms. The van der Waals surface area contributed by atoms with Crippen molar-refractivity contribution >= 4 is 0 Å². The Balaban J connectivity index is 0. The molecule has 0 saturated heterocycles. The number of hydrogen-bond donors (Lipinski definition) is 1. The summed E-state index contributed by atoms with van der Waals surface area (Å²) in [4.78, 5) is 1.40. The van der Waals surface area contributed by atoms with Crippen LogP contribution in [0, 0.1) is 0 Å². The third-order valence-electron chi connectivity index (χ3n) is 1.40. The first-order valence-electron chi connectivity index (χ1n) is 3.31. The van der Waals surface area contributed by atoms with Crippen LogP contribution in [0.3, 0.4) is 0 Å². The molecule has 0 aromatic carbocycles. The molecule has 0 aromatic heterocycles. The summed E-state index contributed by atoms with van der Waals surface area (Å²) in [5.74, 6) is 0. The Morgan fingerprint density at radius 2 is 1.83 bits per heavy atom.